The first-order valence-corrected chi connectivity index (χ1v) is 19.9. The fraction of sp³-hybridized carbons (Fsp3) is 0.622. The standard InChI is InChI=1S/C37H57ClN8O8S/c1-29-5-4-6-31(38)35(29)44-36(47)32-28-40-37(55-32)43-33-27-34(42-30(2)41-33)46-10-8-45(9-11-46)12-14-49-16-18-51-20-22-53-24-26-54-25-23-52-21-19-50-17-15-48-13-7-39-3/h4-6,27-28,39H,7-26H2,1-3H3,(H,44,47)(H,40,41,42,43). The molecule has 3 aromatic rings. The Morgan fingerprint density at radius 3 is 1.91 bits per heavy atom. The highest BCUT2D eigenvalue weighted by Crippen LogP contribution is 2.28. The van der Waals surface area contributed by atoms with Gasteiger partial charge in [-0.1, -0.05) is 35.1 Å². The first-order chi connectivity index (χ1) is 26.9. The average Bonchev–Trinajstić information content (AvgIpc) is 3.65. The van der Waals surface area contributed by atoms with E-state index < -0.39 is 0 Å². The molecule has 0 saturated carbocycles. The normalized spacial score (nSPS) is 13.4. The number of halogens is 1. The molecular weight excluding hydrogens is 752 g/mol. The highest BCUT2D eigenvalue weighted by molar-refractivity contribution is 7.17. The van der Waals surface area contributed by atoms with Crippen LogP contribution in [0.25, 0.3) is 0 Å². The maximum atomic E-state index is 12.9. The number of likely N-dealkylation sites (N-methyl/N-ethyl adjacent to an activating group) is 1. The minimum Gasteiger partial charge on any atom is -0.378 e. The monoisotopic (exact) mass is 808 g/mol. The number of carbonyl (C=O) groups is 1. The SMILES string of the molecule is CNCCOCCOCCOCCOCCOCCOCCOCCN1CCN(c2cc(Nc3ncc(C(=O)Nc4c(C)cccc4Cl)s3)nc(C)n2)CC1. The molecule has 306 valence electrons. The lowest BCUT2D eigenvalue weighted by Crippen LogP contribution is -2.47. The molecule has 1 aliphatic heterocycles. The molecule has 1 saturated heterocycles. The number of thiazole rings is 1. The highest BCUT2D eigenvalue weighted by Gasteiger charge is 2.20. The van der Waals surface area contributed by atoms with Gasteiger partial charge in [0.15, 0.2) is 5.13 Å². The number of aromatic nitrogens is 3. The van der Waals surface area contributed by atoms with Crippen molar-refractivity contribution in [1.29, 1.82) is 0 Å². The predicted molar refractivity (Wildman–Crippen MR) is 215 cm³/mol. The number of hydrogen-bond acceptors (Lipinski definition) is 16. The molecule has 0 bridgehead atoms. The van der Waals surface area contributed by atoms with Crippen LogP contribution in [0.4, 0.5) is 22.5 Å². The summed E-state index contributed by atoms with van der Waals surface area (Å²) in [4.78, 5) is 31.6. The summed E-state index contributed by atoms with van der Waals surface area (Å²) in [5, 5.41) is 10.2. The molecule has 1 fully saturated rings. The van der Waals surface area contributed by atoms with Gasteiger partial charge in [0.1, 0.15) is 22.3 Å². The Kier molecular flexibility index (Phi) is 21.7. The van der Waals surface area contributed by atoms with Gasteiger partial charge in [0.25, 0.3) is 5.91 Å². The molecule has 18 heteroatoms. The number of nitrogens with zero attached hydrogens (tertiary/aromatic N) is 5. The molecule has 1 amide bonds. The molecule has 0 aliphatic carbocycles. The third-order valence-electron chi connectivity index (χ3n) is 8.23. The van der Waals surface area contributed by atoms with Crippen molar-refractivity contribution in [3.8, 4) is 0 Å². The minimum absolute atomic E-state index is 0.271. The Morgan fingerprint density at radius 2 is 1.35 bits per heavy atom. The van der Waals surface area contributed by atoms with Gasteiger partial charge < -0.3 is 54.0 Å². The van der Waals surface area contributed by atoms with E-state index in [0.29, 0.717) is 125 Å². The summed E-state index contributed by atoms with van der Waals surface area (Å²) in [6.07, 6.45) is 1.54. The second kappa shape index (κ2) is 26.7. The van der Waals surface area contributed by atoms with Gasteiger partial charge >= 0.3 is 0 Å². The van der Waals surface area contributed by atoms with Crippen LogP contribution in [0.2, 0.25) is 5.02 Å². The number of anilines is 4. The van der Waals surface area contributed by atoms with Crippen LogP contribution < -0.4 is 20.9 Å². The highest BCUT2D eigenvalue weighted by atomic mass is 35.5. The maximum Gasteiger partial charge on any atom is 0.267 e. The molecule has 3 heterocycles. The van der Waals surface area contributed by atoms with E-state index in [1.807, 2.05) is 39.1 Å². The van der Waals surface area contributed by atoms with Crippen molar-refractivity contribution in [1.82, 2.24) is 25.2 Å². The molecule has 1 aromatic carbocycles. The van der Waals surface area contributed by atoms with Gasteiger partial charge in [-0.15, -0.1) is 0 Å². The number of ether oxygens (including phenoxy) is 7. The second-order valence-corrected chi connectivity index (χ2v) is 13.9. The van der Waals surface area contributed by atoms with Crippen molar-refractivity contribution in [2.75, 3.05) is 154 Å². The average molecular weight is 809 g/mol. The zero-order chi connectivity index (χ0) is 38.9. The number of carbonyl (C=O) groups excluding carboxylic acids is 1. The molecule has 16 nitrogen and oxygen atoms in total. The molecule has 3 N–H and O–H groups in total. The Bertz CT molecular complexity index is 1500. The fourth-order valence-electron chi connectivity index (χ4n) is 5.28. The quantitative estimate of drug-likeness (QED) is 0.0871. The fourth-order valence-corrected chi connectivity index (χ4v) is 6.27. The Hall–Kier alpha value is -3.07. The number of rotatable bonds is 29. The Labute approximate surface area is 333 Å². The number of hydrogen-bond donors (Lipinski definition) is 3. The summed E-state index contributed by atoms with van der Waals surface area (Å²) in [7, 11) is 1.90. The van der Waals surface area contributed by atoms with Gasteiger partial charge in [-0.05, 0) is 32.5 Å². The summed E-state index contributed by atoms with van der Waals surface area (Å²) < 4.78 is 38.8. The smallest absolute Gasteiger partial charge is 0.267 e. The summed E-state index contributed by atoms with van der Waals surface area (Å²) in [5.41, 5.74) is 1.48. The van der Waals surface area contributed by atoms with E-state index in [-0.39, 0.29) is 5.91 Å². The minimum atomic E-state index is -0.271. The third kappa shape index (κ3) is 17.7. The van der Waals surface area contributed by atoms with Crippen molar-refractivity contribution in [2.24, 2.45) is 0 Å². The number of para-hydroxylation sites is 1. The molecule has 55 heavy (non-hydrogen) atoms. The van der Waals surface area contributed by atoms with Gasteiger partial charge in [0.05, 0.1) is 109 Å². The predicted octanol–water partition coefficient (Wildman–Crippen LogP) is 3.66. The first kappa shape index (κ1) is 44.6. The van der Waals surface area contributed by atoms with Gasteiger partial charge in [0.2, 0.25) is 0 Å². The first-order valence-electron chi connectivity index (χ1n) is 18.7. The van der Waals surface area contributed by atoms with Crippen LogP contribution in [-0.2, 0) is 33.2 Å². The lowest BCUT2D eigenvalue weighted by atomic mass is 10.2. The molecule has 1 aliphatic rings. The van der Waals surface area contributed by atoms with Gasteiger partial charge in [-0.25, -0.2) is 15.0 Å². The van der Waals surface area contributed by atoms with E-state index in [1.54, 1.807) is 12.3 Å². The van der Waals surface area contributed by atoms with Crippen molar-refractivity contribution in [3.05, 3.63) is 51.7 Å². The summed E-state index contributed by atoms with van der Waals surface area (Å²) in [5.74, 6) is 1.85. The van der Waals surface area contributed by atoms with Gasteiger partial charge in [-0.2, -0.15) is 0 Å². The Morgan fingerprint density at radius 1 is 0.782 bits per heavy atom. The largest absolute Gasteiger partial charge is 0.378 e. The van der Waals surface area contributed by atoms with Gasteiger partial charge in [-0.3, -0.25) is 9.69 Å². The molecular formula is C37H57ClN8O8S. The van der Waals surface area contributed by atoms with Gasteiger partial charge in [0, 0.05) is 45.3 Å². The van der Waals surface area contributed by atoms with Crippen LogP contribution >= 0.6 is 22.9 Å². The third-order valence-corrected chi connectivity index (χ3v) is 9.45. The number of amides is 1. The molecule has 0 radical (unpaired) electrons. The molecule has 2 aromatic heterocycles. The summed E-state index contributed by atoms with van der Waals surface area (Å²) >= 11 is 7.52. The van der Waals surface area contributed by atoms with Crippen LogP contribution in [0.1, 0.15) is 21.1 Å². The summed E-state index contributed by atoms with van der Waals surface area (Å²) in [6.45, 7) is 16.7. The van der Waals surface area contributed by atoms with Crippen LogP contribution in [-0.4, -0.2) is 165 Å². The van der Waals surface area contributed by atoms with E-state index in [1.165, 1.54) is 11.3 Å². The number of aryl methyl sites for hydroxylation is 2. The number of piperazine rings is 1. The lowest BCUT2D eigenvalue weighted by molar-refractivity contribution is -0.0209. The van der Waals surface area contributed by atoms with Crippen LogP contribution in [0.3, 0.4) is 0 Å². The van der Waals surface area contributed by atoms with E-state index in [9.17, 15) is 4.79 Å². The maximum absolute atomic E-state index is 12.9. The van der Waals surface area contributed by atoms with Crippen molar-refractivity contribution >= 4 is 51.3 Å². The lowest BCUT2D eigenvalue weighted by Gasteiger charge is -2.35. The van der Waals surface area contributed by atoms with E-state index in [0.717, 1.165) is 50.6 Å². The van der Waals surface area contributed by atoms with E-state index >= 15 is 0 Å². The van der Waals surface area contributed by atoms with Crippen molar-refractivity contribution < 1.29 is 38.0 Å². The second-order valence-electron chi connectivity index (χ2n) is 12.4. The summed E-state index contributed by atoms with van der Waals surface area (Å²) in [6, 6.07) is 7.41. The number of nitrogens with one attached hydrogen (secondary N) is 3. The topological polar surface area (TPSA) is 163 Å². The van der Waals surface area contributed by atoms with Crippen LogP contribution in [0.5, 0.6) is 0 Å². The molecule has 0 atom stereocenters. The molecule has 0 spiro atoms. The van der Waals surface area contributed by atoms with Crippen molar-refractivity contribution in [3.63, 3.8) is 0 Å². The zero-order valence-electron chi connectivity index (χ0n) is 32.3. The Balaban J connectivity index is 0.974. The van der Waals surface area contributed by atoms with Crippen LogP contribution in [0, 0.1) is 13.8 Å². The van der Waals surface area contributed by atoms with Crippen molar-refractivity contribution in [2.45, 2.75) is 13.8 Å². The zero-order valence-corrected chi connectivity index (χ0v) is 33.9. The molecule has 4 rings (SSSR count). The van der Waals surface area contributed by atoms with E-state index in [4.69, 9.17) is 44.8 Å². The van der Waals surface area contributed by atoms with Crippen LogP contribution in [0.15, 0.2) is 30.5 Å². The van der Waals surface area contributed by atoms with E-state index in [2.05, 4.69) is 40.7 Å². The molecule has 0 unspecified atom stereocenters. The number of benzene rings is 1.